The largest absolute Gasteiger partial charge is 0.485 e. The van der Waals surface area contributed by atoms with Crippen molar-refractivity contribution in [2.75, 3.05) is 6.61 Å². The van der Waals surface area contributed by atoms with Crippen molar-refractivity contribution in [2.24, 2.45) is 0 Å². The molecule has 27 heavy (non-hydrogen) atoms. The number of Topliss-reactive ketones (excluding diaryl/α,β-unsaturated/α-hetero) is 1. The monoisotopic (exact) mass is 362 g/mol. The fraction of sp³-hybridized carbons (Fsp3) is 0.182. The lowest BCUT2D eigenvalue weighted by Crippen LogP contribution is -2.13. The number of ketones is 1. The second kappa shape index (κ2) is 7.88. The van der Waals surface area contributed by atoms with Crippen LogP contribution in [0.4, 0.5) is 4.39 Å². The molecule has 0 bridgehead atoms. The van der Waals surface area contributed by atoms with Crippen LogP contribution >= 0.6 is 0 Å². The number of aryl methyl sites for hydroxylation is 1. The summed E-state index contributed by atoms with van der Waals surface area (Å²) in [5.41, 5.74) is 3.84. The van der Waals surface area contributed by atoms with Gasteiger partial charge >= 0.3 is 0 Å². The summed E-state index contributed by atoms with van der Waals surface area (Å²) in [6, 6.07) is 16.9. The van der Waals surface area contributed by atoms with E-state index < -0.39 is 0 Å². The molecule has 1 heterocycles. The number of nitrogens with zero attached hydrogens (tertiary/aromatic N) is 2. The van der Waals surface area contributed by atoms with Gasteiger partial charge in [0.1, 0.15) is 11.6 Å². The number of aromatic nitrogens is 1. The van der Waals surface area contributed by atoms with Crippen molar-refractivity contribution in [1.29, 1.82) is 5.26 Å². The Hall–Kier alpha value is -3.39. The Morgan fingerprint density at radius 3 is 2.59 bits per heavy atom. The lowest BCUT2D eigenvalue weighted by Gasteiger charge is -2.10. The molecule has 3 aromatic rings. The zero-order valence-electron chi connectivity index (χ0n) is 15.2. The van der Waals surface area contributed by atoms with E-state index in [2.05, 4.69) is 0 Å². The summed E-state index contributed by atoms with van der Waals surface area (Å²) >= 11 is 0. The lowest BCUT2D eigenvalue weighted by atomic mass is 10.1. The van der Waals surface area contributed by atoms with E-state index in [0.717, 1.165) is 17.0 Å². The molecule has 0 unspecified atom stereocenters. The fourth-order valence-corrected chi connectivity index (χ4v) is 2.98. The van der Waals surface area contributed by atoms with Crippen molar-refractivity contribution in [3.8, 4) is 11.8 Å². The van der Waals surface area contributed by atoms with Gasteiger partial charge in [0.15, 0.2) is 6.61 Å². The van der Waals surface area contributed by atoms with Gasteiger partial charge in [-0.15, -0.1) is 0 Å². The second-order valence-electron chi connectivity index (χ2n) is 6.35. The topological polar surface area (TPSA) is 55.0 Å². The highest BCUT2D eigenvalue weighted by molar-refractivity contribution is 5.98. The van der Waals surface area contributed by atoms with E-state index in [1.54, 1.807) is 36.4 Å². The molecule has 0 saturated heterocycles. The van der Waals surface area contributed by atoms with Gasteiger partial charge in [0.25, 0.3) is 0 Å². The Morgan fingerprint density at radius 2 is 1.89 bits per heavy atom. The van der Waals surface area contributed by atoms with E-state index in [1.165, 1.54) is 12.1 Å². The predicted octanol–water partition coefficient (Wildman–Crippen LogP) is 4.43. The van der Waals surface area contributed by atoms with E-state index in [4.69, 9.17) is 10.00 Å². The quantitative estimate of drug-likeness (QED) is 0.610. The molecule has 0 aliphatic rings. The van der Waals surface area contributed by atoms with Gasteiger partial charge in [0, 0.05) is 23.5 Å². The highest BCUT2D eigenvalue weighted by Gasteiger charge is 2.16. The van der Waals surface area contributed by atoms with Gasteiger partial charge in [0.2, 0.25) is 5.78 Å². The van der Waals surface area contributed by atoms with Crippen LogP contribution in [-0.2, 0) is 6.54 Å². The summed E-state index contributed by atoms with van der Waals surface area (Å²) in [5, 5.41) is 8.93. The molecule has 0 amide bonds. The van der Waals surface area contributed by atoms with E-state index in [9.17, 15) is 9.18 Å². The molecule has 4 nitrogen and oxygen atoms in total. The van der Waals surface area contributed by atoms with Crippen LogP contribution in [0.15, 0.2) is 54.6 Å². The first-order valence-electron chi connectivity index (χ1n) is 8.55. The summed E-state index contributed by atoms with van der Waals surface area (Å²) in [7, 11) is 0. The maximum atomic E-state index is 13.1. The molecular formula is C22H19FN2O2. The van der Waals surface area contributed by atoms with Crippen LogP contribution in [0.3, 0.4) is 0 Å². The number of halogens is 1. The fourth-order valence-electron chi connectivity index (χ4n) is 2.98. The smallest absolute Gasteiger partial charge is 0.202 e. The molecule has 1 aromatic heterocycles. The molecular weight excluding hydrogens is 343 g/mol. The van der Waals surface area contributed by atoms with Crippen LogP contribution in [0.25, 0.3) is 0 Å². The average molecular weight is 362 g/mol. The third-order valence-corrected chi connectivity index (χ3v) is 4.46. The minimum atomic E-state index is -0.270. The molecule has 0 atom stereocenters. The zero-order chi connectivity index (χ0) is 19.4. The average Bonchev–Trinajstić information content (AvgIpc) is 2.96. The highest BCUT2D eigenvalue weighted by atomic mass is 19.1. The summed E-state index contributed by atoms with van der Waals surface area (Å²) < 4.78 is 20.7. The maximum Gasteiger partial charge on any atom is 0.202 e. The van der Waals surface area contributed by atoms with Crippen LogP contribution in [0.5, 0.6) is 5.75 Å². The maximum absolute atomic E-state index is 13.1. The molecule has 0 radical (unpaired) electrons. The third kappa shape index (κ3) is 4.24. The Bertz CT molecular complexity index is 1010. The summed E-state index contributed by atoms with van der Waals surface area (Å²) in [6.45, 7) is 4.29. The molecule has 3 rings (SSSR count). The van der Waals surface area contributed by atoms with Crippen LogP contribution < -0.4 is 4.74 Å². The second-order valence-corrected chi connectivity index (χ2v) is 6.35. The molecule has 2 aromatic carbocycles. The standard InChI is InChI=1S/C22H19FN2O2/c1-15-10-21(16(2)25(15)13-17-6-8-19(23)9-7-17)22(26)14-27-20-5-3-4-18(11-20)12-24/h3-11H,13-14H2,1-2H3. The van der Waals surface area contributed by atoms with E-state index in [-0.39, 0.29) is 18.2 Å². The van der Waals surface area contributed by atoms with Crippen molar-refractivity contribution < 1.29 is 13.9 Å². The van der Waals surface area contributed by atoms with Crippen molar-refractivity contribution in [2.45, 2.75) is 20.4 Å². The minimum absolute atomic E-state index is 0.101. The normalized spacial score (nSPS) is 10.4. The number of carbonyl (C=O) groups excluding carboxylic acids is 1. The molecule has 0 spiro atoms. The molecule has 0 aliphatic heterocycles. The number of hydrogen-bond acceptors (Lipinski definition) is 3. The molecule has 0 N–H and O–H groups in total. The summed E-state index contributed by atoms with van der Waals surface area (Å²) in [5.74, 6) is 0.0894. The predicted molar refractivity (Wildman–Crippen MR) is 100 cm³/mol. The molecule has 5 heteroatoms. The SMILES string of the molecule is Cc1cc(C(=O)COc2cccc(C#N)c2)c(C)n1Cc1ccc(F)cc1. The molecule has 0 aliphatic carbocycles. The van der Waals surface area contributed by atoms with Crippen LogP contribution in [-0.4, -0.2) is 17.0 Å². The molecule has 136 valence electrons. The molecule has 0 saturated carbocycles. The Balaban J connectivity index is 1.73. The summed E-state index contributed by atoms with van der Waals surface area (Å²) in [6.07, 6.45) is 0. The Morgan fingerprint density at radius 1 is 1.15 bits per heavy atom. The highest BCUT2D eigenvalue weighted by Crippen LogP contribution is 2.19. The van der Waals surface area contributed by atoms with Crippen LogP contribution in [0.1, 0.15) is 32.9 Å². The first kappa shape index (κ1) is 18.4. The number of benzene rings is 2. The van der Waals surface area contributed by atoms with Gasteiger partial charge in [-0.25, -0.2) is 4.39 Å². The van der Waals surface area contributed by atoms with E-state index in [1.807, 2.05) is 30.6 Å². The number of nitriles is 1. The zero-order valence-corrected chi connectivity index (χ0v) is 15.2. The van der Waals surface area contributed by atoms with Gasteiger partial charge in [-0.2, -0.15) is 5.26 Å². The van der Waals surface area contributed by atoms with Crippen molar-refractivity contribution >= 4 is 5.78 Å². The Labute approximate surface area is 157 Å². The van der Waals surface area contributed by atoms with Crippen molar-refractivity contribution in [3.63, 3.8) is 0 Å². The van der Waals surface area contributed by atoms with E-state index >= 15 is 0 Å². The third-order valence-electron chi connectivity index (χ3n) is 4.46. The lowest BCUT2D eigenvalue weighted by molar-refractivity contribution is 0.0920. The number of ether oxygens (including phenoxy) is 1. The Kier molecular flexibility index (Phi) is 5.37. The van der Waals surface area contributed by atoms with Crippen LogP contribution in [0.2, 0.25) is 0 Å². The number of carbonyl (C=O) groups is 1. The minimum Gasteiger partial charge on any atom is -0.485 e. The van der Waals surface area contributed by atoms with Gasteiger partial charge in [0.05, 0.1) is 11.6 Å². The van der Waals surface area contributed by atoms with E-state index in [0.29, 0.717) is 23.4 Å². The van der Waals surface area contributed by atoms with Gasteiger partial charge in [-0.05, 0) is 55.8 Å². The van der Waals surface area contributed by atoms with Gasteiger partial charge < -0.3 is 9.30 Å². The number of hydrogen-bond donors (Lipinski definition) is 0. The van der Waals surface area contributed by atoms with Crippen molar-refractivity contribution in [1.82, 2.24) is 4.57 Å². The van der Waals surface area contributed by atoms with Crippen LogP contribution in [0, 0.1) is 31.0 Å². The first-order chi connectivity index (χ1) is 13.0. The van der Waals surface area contributed by atoms with Crippen molar-refractivity contribution in [3.05, 3.63) is 88.5 Å². The summed E-state index contributed by atoms with van der Waals surface area (Å²) in [4.78, 5) is 12.6. The van der Waals surface area contributed by atoms with Gasteiger partial charge in [-0.3, -0.25) is 4.79 Å². The first-order valence-corrected chi connectivity index (χ1v) is 8.55. The number of rotatable bonds is 6. The van der Waals surface area contributed by atoms with Gasteiger partial charge in [-0.1, -0.05) is 18.2 Å². The molecule has 0 fully saturated rings.